The van der Waals surface area contributed by atoms with Gasteiger partial charge in [-0.2, -0.15) is 5.10 Å². The van der Waals surface area contributed by atoms with Crippen molar-refractivity contribution in [3.05, 3.63) is 18.0 Å². The first kappa shape index (κ1) is 12.2. The number of aromatic nitrogens is 2. The van der Waals surface area contributed by atoms with Crippen LogP contribution in [0.1, 0.15) is 37.8 Å². The van der Waals surface area contributed by atoms with Gasteiger partial charge in [-0.15, -0.1) is 0 Å². The Morgan fingerprint density at radius 3 is 2.89 bits per heavy atom. The summed E-state index contributed by atoms with van der Waals surface area (Å²) in [6.45, 7) is 4.49. The third-order valence-corrected chi connectivity index (χ3v) is 4.42. The molecule has 2 aliphatic rings. The third kappa shape index (κ3) is 2.59. The Labute approximate surface area is 109 Å². The summed E-state index contributed by atoms with van der Waals surface area (Å²) >= 11 is 0. The summed E-state index contributed by atoms with van der Waals surface area (Å²) in [6, 6.07) is 2.13. The quantitative estimate of drug-likeness (QED) is 0.861. The van der Waals surface area contributed by atoms with Crippen LogP contribution >= 0.6 is 0 Å². The van der Waals surface area contributed by atoms with Crippen molar-refractivity contribution in [2.75, 3.05) is 19.6 Å². The Balaban J connectivity index is 1.63. The van der Waals surface area contributed by atoms with Gasteiger partial charge in [-0.25, -0.2) is 0 Å². The summed E-state index contributed by atoms with van der Waals surface area (Å²) in [6.07, 6.45) is 8.95. The SMILES string of the molecule is Cn1ccc(CN2CCNC3(CCCCC3)C2)n1. The number of piperazine rings is 1. The van der Waals surface area contributed by atoms with Crippen molar-refractivity contribution >= 4 is 0 Å². The van der Waals surface area contributed by atoms with E-state index in [0.29, 0.717) is 5.54 Å². The zero-order chi connectivity index (χ0) is 12.4. The molecule has 0 atom stereocenters. The Bertz CT molecular complexity index is 387. The zero-order valence-corrected chi connectivity index (χ0v) is 11.4. The van der Waals surface area contributed by atoms with E-state index in [1.807, 2.05) is 17.9 Å². The molecule has 2 heterocycles. The average Bonchev–Trinajstić information content (AvgIpc) is 2.76. The van der Waals surface area contributed by atoms with Crippen LogP contribution in [0.4, 0.5) is 0 Å². The lowest BCUT2D eigenvalue weighted by molar-refractivity contribution is 0.0935. The van der Waals surface area contributed by atoms with Crippen LogP contribution in [0.2, 0.25) is 0 Å². The molecular weight excluding hydrogens is 224 g/mol. The lowest BCUT2D eigenvalue weighted by Gasteiger charge is -2.46. The maximum Gasteiger partial charge on any atom is 0.0764 e. The van der Waals surface area contributed by atoms with E-state index < -0.39 is 0 Å². The van der Waals surface area contributed by atoms with Crippen LogP contribution in [0.15, 0.2) is 12.3 Å². The summed E-state index contributed by atoms with van der Waals surface area (Å²) < 4.78 is 1.90. The van der Waals surface area contributed by atoms with Gasteiger partial charge in [-0.1, -0.05) is 19.3 Å². The molecule has 1 aromatic heterocycles. The molecule has 4 heteroatoms. The van der Waals surface area contributed by atoms with Gasteiger partial charge in [0.15, 0.2) is 0 Å². The van der Waals surface area contributed by atoms with Crippen molar-refractivity contribution in [3.63, 3.8) is 0 Å². The maximum absolute atomic E-state index is 4.49. The highest BCUT2D eigenvalue weighted by molar-refractivity contribution is 5.02. The van der Waals surface area contributed by atoms with E-state index in [1.165, 1.54) is 44.3 Å². The highest BCUT2D eigenvalue weighted by Gasteiger charge is 2.35. The maximum atomic E-state index is 4.49. The van der Waals surface area contributed by atoms with Crippen LogP contribution in [-0.4, -0.2) is 39.9 Å². The van der Waals surface area contributed by atoms with Crippen molar-refractivity contribution < 1.29 is 0 Å². The van der Waals surface area contributed by atoms with Gasteiger partial charge in [-0.3, -0.25) is 9.58 Å². The van der Waals surface area contributed by atoms with Crippen LogP contribution in [0.3, 0.4) is 0 Å². The second-order valence-electron chi connectivity index (χ2n) is 5.96. The molecule has 3 rings (SSSR count). The number of hydrogen-bond donors (Lipinski definition) is 1. The van der Waals surface area contributed by atoms with E-state index >= 15 is 0 Å². The minimum atomic E-state index is 0.408. The first-order chi connectivity index (χ1) is 8.76. The molecule has 1 aliphatic carbocycles. The molecule has 0 unspecified atom stereocenters. The fourth-order valence-corrected chi connectivity index (χ4v) is 3.52. The Morgan fingerprint density at radius 2 is 2.17 bits per heavy atom. The van der Waals surface area contributed by atoms with Gasteiger partial charge >= 0.3 is 0 Å². The Morgan fingerprint density at radius 1 is 1.33 bits per heavy atom. The van der Waals surface area contributed by atoms with Gasteiger partial charge in [0.1, 0.15) is 0 Å². The average molecular weight is 248 g/mol. The molecule has 1 saturated carbocycles. The third-order valence-electron chi connectivity index (χ3n) is 4.42. The molecule has 0 bridgehead atoms. The normalized spacial score (nSPS) is 24.5. The first-order valence-corrected chi connectivity index (χ1v) is 7.22. The van der Waals surface area contributed by atoms with Crippen LogP contribution in [0.25, 0.3) is 0 Å². The van der Waals surface area contributed by atoms with Gasteiger partial charge in [0.25, 0.3) is 0 Å². The number of hydrogen-bond acceptors (Lipinski definition) is 3. The smallest absolute Gasteiger partial charge is 0.0764 e. The molecule has 1 spiro atoms. The van der Waals surface area contributed by atoms with E-state index in [-0.39, 0.29) is 0 Å². The van der Waals surface area contributed by atoms with E-state index in [9.17, 15) is 0 Å². The molecule has 18 heavy (non-hydrogen) atoms. The summed E-state index contributed by atoms with van der Waals surface area (Å²) in [7, 11) is 1.99. The monoisotopic (exact) mass is 248 g/mol. The molecule has 0 amide bonds. The molecule has 1 aromatic rings. The van der Waals surface area contributed by atoms with Gasteiger partial charge in [0.2, 0.25) is 0 Å². The lowest BCUT2D eigenvalue weighted by atomic mass is 9.80. The van der Waals surface area contributed by atoms with Crippen molar-refractivity contribution in [1.82, 2.24) is 20.0 Å². The molecule has 0 radical (unpaired) electrons. The summed E-state index contributed by atoms with van der Waals surface area (Å²) in [4.78, 5) is 2.57. The van der Waals surface area contributed by atoms with Gasteiger partial charge < -0.3 is 5.32 Å². The highest BCUT2D eigenvalue weighted by Crippen LogP contribution is 2.30. The minimum absolute atomic E-state index is 0.408. The van der Waals surface area contributed by atoms with Crippen LogP contribution < -0.4 is 5.32 Å². The Hall–Kier alpha value is -0.870. The molecule has 4 nitrogen and oxygen atoms in total. The summed E-state index contributed by atoms with van der Waals surface area (Å²) in [5.41, 5.74) is 1.61. The number of nitrogens with zero attached hydrogens (tertiary/aromatic N) is 3. The topological polar surface area (TPSA) is 33.1 Å². The lowest BCUT2D eigenvalue weighted by Crippen LogP contribution is -2.60. The fourth-order valence-electron chi connectivity index (χ4n) is 3.52. The molecule has 1 N–H and O–H groups in total. The largest absolute Gasteiger partial charge is 0.309 e. The van der Waals surface area contributed by atoms with Crippen LogP contribution in [0, 0.1) is 0 Å². The second-order valence-corrected chi connectivity index (χ2v) is 5.96. The number of nitrogens with one attached hydrogen (secondary N) is 1. The van der Waals surface area contributed by atoms with E-state index in [0.717, 1.165) is 19.6 Å². The molecule has 0 aromatic carbocycles. The van der Waals surface area contributed by atoms with Gasteiger partial charge in [0, 0.05) is 45.0 Å². The second kappa shape index (κ2) is 5.02. The molecule has 2 fully saturated rings. The minimum Gasteiger partial charge on any atom is -0.309 e. The first-order valence-electron chi connectivity index (χ1n) is 7.22. The van der Waals surface area contributed by atoms with Crippen molar-refractivity contribution in [2.24, 2.45) is 7.05 Å². The number of rotatable bonds is 2. The fraction of sp³-hybridized carbons (Fsp3) is 0.786. The zero-order valence-electron chi connectivity index (χ0n) is 11.4. The highest BCUT2D eigenvalue weighted by atomic mass is 15.3. The van der Waals surface area contributed by atoms with Crippen molar-refractivity contribution in [2.45, 2.75) is 44.2 Å². The molecule has 100 valence electrons. The summed E-state index contributed by atoms with van der Waals surface area (Å²) in [5, 5.41) is 8.28. The van der Waals surface area contributed by atoms with Gasteiger partial charge in [0.05, 0.1) is 5.69 Å². The van der Waals surface area contributed by atoms with E-state index in [1.54, 1.807) is 0 Å². The van der Waals surface area contributed by atoms with Crippen molar-refractivity contribution in [1.29, 1.82) is 0 Å². The van der Waals surface area contributed by atoms with E-state index in [4.69, 9.17) is 0 Å². The predicted molar refractivity (Wildman–Crippen MR) is 72.3 cm³/mol. The van der Waals surface area contributed by atoms with Gasteiger partial charge in [-0.05, 0) is 18.9 Å². The van der Waals surface area contributed by atoms with Crippen molar-refractivity contribution in [3.8, 4) is 0 Å². The predicted octanol–water partition coefficient (Wildman–Crippen LogP) is 1.53. The standard InChI is InChI=1S/C14H24N4/c1-17-9-5-13(16-17)11-18-10-8-15-14(12-18)6-3-2-4-7-14/h5,9,15H,2-4,6-8,10-12H2,1H3. The van der Waals surface area contributed by atoms with Crippen LogP contribution in [-0.2, 0) is 13.6 Å². The molecule has 1 aliphatic heterocycles. The summed E-state index contributed by atoms with van der Waals surface area (Å²) in [5.74, 6) is 0. The molecule has 1 saturated heterocycles. The van der Waals surface area contributed by atoms with Crippen LogP contribution in [0.5, 0.6) is 0 Å². The number of aryl methyl sites for hydroxylation is 1. The molecular formula is C14H24N4. The van der Waals surface area contributed by atoms with E-state index in [2.05, 4.69) is 21.4 Å². The Kier molecular flexibility index (Phi) is 3.39.